The first-order valence-corrected chi connectivity index (χ1v) is 8.04. The van der Waals surface area contributed by atoms with E-state index >= 15 is 0 Å². The Labute approximate surface area is 133 Å². The number of benzene rings is 2. The third-order valence-corrected chi connectivity index (χ3v) is 4.27. The molecule has 2 aromatic rings. The predicted octanol–water partition coefficient (Wildman–Crippen LogP) is 4.64. The molecule has 0 spiro atoms. The Morgan fingerprint density at radius 2 is 1.55 bits per heavy atom. The summed E-state index contributed by atoms with van der Waals surface area (Å²) in [5.41, 5.74) is 3.47. The normalized spacial score (nSPS) is 15.2. The predicted molar refractivity (Wildman–Crippen MR) is 94.3 cm³/mol. The van der Waals surface area contributed by atoms with E-state index in [4.69, 9.17) is 0 Å². The summed E-state index contributed by atoms with van der Waals surface area (Å²) in [6.07, 6.45) is 4.56. The Kier molecular flexibility index (Phi) is 4.35. The number of hydrogen-bond donors (Lipinski definition) is 0. The molecule has 1 aliphatic heterocycles. The van der Waals surface area contributed by atoms with Crippen molar-refractivity contribution in [1.82, 2.24) is 0 Å². The number of halogens is 1. The Morgan fingerprint density at radius 3 is 2.20 bits per heavy atom. The van der Waals surface area contributed by atoms with Gasteiger partial charge in [0.1, 0.15) is 0 Å². The summed E-state index contributed by atoms with van der Waals surface area (Å²) >= 11 is 2.30. The van der Waals surface area contributed by atoms with Gasteiger partial charge in [0, 0.05) is 28.6 Å². The number of anilines is 1. The van der Waals surface area contributed by atoms with E-state index in [1.807, 2.05) is 18.3 Å². The van der Waals surface area contributed by atoms with Crippen molar-refractivity contribution in [2.45, 2.75) is 12.8 Å². The zero-order chi connectivity index (χ0) is 13.8. The lowest BCUT2D eigenvalue weighted by atomic mass is 10.2. The van der Waals surface area contributed by atoms with Crippen molar-refractivity contribution >= 4 is 40.2 Å². The van der Waals surface area contributed by atoms with Crippen molar-refractivity contribution in [2.75, 3.05) is 18.0 Å². The number of hydrogen-bond acceptors (Lipinski definition) is 2. The molecule has 2 aromatic carbocycles. The smallest absolute Gasteiger partial charge is 0.0630 e. The van der Waals surface area contributed by atoms with Crippen molar-refractivity contribution in [3.63, 3.8) is 0 Å². The van der Waals surface area contributed by atoms with Gasteiger partial charge in [0.05, 0.1) is 5.69 Å². The molecule has 0 aromatic heterocycles. The van der Waals surface area contributed by atoms with E-state index in [2.05, 4.69) is 68.9 Å². The molecule has 0 bridgehead atoms. The van der Waals surface area contributed by atoms with Gasteiger partial charge in [-0.25, -0.2) is 0 Å². The van der Waals surface area contributed by atoms with E-state index in [9.17, 15) is 0 Å². The molecule has 102 valence electrons. The fourth-order valence-corrected chi connectivity index (χ4v) is 2.78. The molecule has 20 heavy (non-hydrogen) atoms. The first kappa shape index (κ1) is 13.6. The molecule has 0 amide bonds. The minimum absolute atomic E-state index is 0.994. The number of rotatable bonds is 3. The van der Waals surface area contributed by atoms with Crippen LogP contribution in [0.2, 0.25) is 0 Å². The molecule has 0 radical (unpaired) electrons. The summed E-state index contributed by atoms with van der Waals surface area (Å²) in [6, 6.07) is 16.9. The fraction of sp³-hybridized carbons (Fsp3) is 0.235. The van der Waals surface area contributed by atoms with Crippen molar-refractivity contribution in [2.24, 2.45) is 4.99 Å². The lowest BCUT2D eigenvalue weighted by Crippen LogP contribution is -2.17. The molecule has 2 nitrogen and oxygen atoms in total. The van der Waals surface area contributed by atoms with Crippen LogP contribution in [0.5, 0.6) is 0 Å². The van der Waals surface area contributed by atoms with Crippen LogP contribution < -0.4 is 4.90 Å². The third kappa shape index (κ3) is 3.39. The van der Waals surface area contributed by atoms with E-state index in [1.165, 1.54) is 35.2 Å². The van der Waals surface area contributed by atoms with Gasteiger partial charge in [-0.15, -0.1) is 0 Å². The van der Waals surface area contributed by atoms with Crippen LogP contribution >= 0.6 is 22.6 Å². The van der Waals surface area contributed by atoms with E-state index in [0.29, 0.717) is 0 Å². The molecule has 0 N–H and O–H groups in total. The largest absolute Gasteiger partial charge is 0.372 e. The molecule has 3 rings (SSSR count). The Balaban J connectivity index is 1.69. The average Bonchev–Trinajstić information content (AvgIpc) is 3.01. The summed E-state index contributed by atoms with van der Waals surface area (Å²) < 4.78 is 1.23. The second-order valence-corrected chi connectivity index (χ2v) is 6.27. The molecule has 0 unspecified atom stereocenters. The summed E-state index contributed by atoms with van der Waals surface area (Å²) in [7, 11) is 0. The van der Waals surface area contributed by atoms with Gasteiger partial charge in [-0.1, -0.05) is 12.1 Å². The maximum absolute atomic E-state index is 4.50. The maximum Gasteiger partial charge on any atom is 0.0630 e. The highest BCUT2D eigenvalue weighted by molar-refractivity contribution is 14.1. The minimum atomic E-state index is 0.994. The van der Waals surface area contributed by atoms with E-state index in [1.54, 1.807) is 0 Å². The summed E-state index contributed by atoms with van der Waals surface area (Å²) in [4.78, 5) is 6.95. The topological polar surface area (TPSA) is 15.6 Å². The lowest BCUT2D eigenvalue weighted by Gasteiger charge is -2.17. The molecule has 1 heterocycles. The second kappa shape index (κ2) is 6.39. The zero-order valence-electron chi connectivity index (χ0n) is 11.3. The van der Waals surface area contributed by atoms with Crippen LogP contribution in [-0.4, -0.2) is 19.3 Å². The van der Waals surface area contributed by atoms with Crippen LogP contribution in [0, 0.1) is 3.57 Å². The van der Waals surface area contributed by atoms with Crippen molar-refractivity contribution in [1.29, 1.82) is 0 Å². The van der Waals surface area contributed by atoms with Gasteiger partial charge >= 0.3 is 0 Å². The molecule has 1 saturated heterocycles. The van der Waals surface area contributed by atoms with Gasteiger partial charge < -0.3 is 4.90 Å². The maximum atomic E-state index is 4.50. The summed E-state index contributed by atoms with van der Waals surface area (Å²) in [5.74, 6) is 0. The van der Waals surface area contributed by atoms with E-state index in [-0.39, 0.29) is 0 Å². The van der Waals surface area contributed by atoms with Crippen LogP contribution in [0.15, 0.2) is 53.5 Å². The minimum Gasteiger partial charge on any atom is -0.372 e. The first-order chi connectivity index (χ1) is 9.81. The van der Waals surface area contributed by atoms with Crippen molar-refractivity contribution < 1.29 is 0 Å². The number of nitrogens with zero attached hydrogens (tertiary/aromatic N) is 2. The van der Waals surface area contributed by atoms with Crippen LogP contribution in [0.1, 0.15) is 18.4 Å². The van der Waals surface area contributed by atoms with Crippen molar-refractivity contribution in [3.8, 4) is 0 Å². The lowest BCUT2D eigenvalue weighted by molar-refractivity contribution is 0.949. The molecule has 0 saturated carbocycles. The fourth-order valence-electron chi connectivity index (χ4n) is 2.42. The monoisotopic (exact) mass is 376 g/mol. The molecule has 0 atom stereocenters. The molecular formula is C17H17IN2. The van der Waals surface area contributed by atoms with Crippen LogP contribution in [0.25, 0.3) is 0 Å². The Morgan fingerprint density at radius 1 is 0.900 bits per heavy atom. The van der Waals surface area contributed by atoms with Gasteiger partial charge in [-0.05, 0) is 77.4 Å². The molecule has 1 aliphatic rings. The quantitative estimate of drug-likeness (QED) is 0.563. The Bertz CT molecular complexity index is 581. The first-order valence-electron chi connectivity index (χ1n) is 6.96. The van der Waals surface area contributed by atoms with E-state index < -0.39 is 0 Å². The highest BCUT2D eigenvalue weighted by Crippen LogP contribution is 2.20. The van der Waals surface area contributed by atoms with Crippen LogP contribution in [0.3, 0.4) is 0 Å². The van der Waals surface area contributed by atoms with Gasteiger partial charge in [0.15, 0.2) is 0 Å². The standard InChI is InChI=1S/C17H17IN2/c18-15-5-7-16(8-6-15)19-13-14-3-9-17(10-4-14)20-11-1-2-12-20/h3-10,13H,1-2,11-12H2. The SMILES string of the molecule is Ic1ccc(N=Cc2ccc(N3CCCC3)cc2)cc1. The molecule has 0 aliphatic carbocycles. The van der Waals surface area contributed by atoms with Crippen LogP contribution in [0.4, 0.5) is 11.4 Å². The average molecular weight is 376 g/mol. The van der Waals surface area contributed by atoms with Crippen LogP contribution in [-0.2, 0) is 0 Å². The van der Waals surface area contributed by atoms with E-state index in [0.717, 1.165) is 11.3 Å². The number of aliphatic imine (C=N–C) groups is 1. The van der Waals surface area contributed by atoms with Gasteiger partial charge in [-0.3, -0.25) is 4.99 Å². The highest BCUT2D eigenvalue weighted by atomic mass is 127. The molecule has 3 heteroatoms. The zero-order valence-corrected chi connectivity index (χ0v) is 13.5. The van der Waals surface area contributed by atoms with Crippen molar-refractivity contribution in [3.05, 3.63) is 57.7 Å². The molecule has 1 fully saturated rings. The molecular weight excluding hydrogens is 359 g/mol. The van der Waals surface area contributed by atoms with Gasteiger partial charge in [0.25, 0.3) is 0 Å². The summed E-state index contributed by atoms with van der Waals surface area (Å²) in [5, 5.41) is 0. The van der Waals surface area contributed by atoms with Gasteiger partial charge in [-0.2, -0.15) is 0 Å². The third-order valence-electron chi connectivity index (χ3n) is 3.55. The highest BCUT2D eigenvalue weighted by Gasteiger charge is 2.11. The second-order valence-electron chi connectivity index (χ2n) is 5.02. The Hall–Kier alpha value is -1.36. The summed E-state index contributed by atoms with van der Waals surface area (Å²) in [6.45, 7) is 2.38. The van der Waals surface area contributed by atoms with Gasteiger partial charge in [0.2, 0.25) is 0 Å².